The number of ether oxygens (including phenoxy) is 2. The largest absolute Gasteiger partial charge is 0.497 e. The Balaban J connectivity index is 1.68. The van der Waals surface area contributed by atoms with Crippen LogP contribution in [0.15, 0.2) is 53.7 Å². The molecule has 0 bridgehead atoms. The van der Waals surface area contributed by atoms with Gasteiger partial charge in [0, 0.05) is 30.8 Å². The molecule has 8 heteroatoms. The lowest BCUT2D eigenvalue weighted by molar-refractivity contribution is -0.113. The van der Waals surface area contributed by atoms with Crippen molar-refractivity contribution in [3.8, 4) is 5.75 Å². The normalized spacial score (nSPS) is 10.6. The molecule has 7 nitrogen and oxygen atoms in total. The van der Waals surface area contributed by atoms with Crippen LogP contribution in [0, 0.1) is 0 Å². The van der Waals surface area contributed by atoms with Crippen LogP contribution < -0.4 is 15.4 Å². The average Bonchev–Trinajstić information content (AvgIpc) is 2.72. The number of nitrogens with one attached hydrogen (secondary N) is 2. The minimum Gasteiger partial charge on any atom is -0.497 e. The highest BCUT2D eigenvalue weighted by atomic mass is 32.2. The number of thioether (sulfide) groups is 1. The van der Waals surface area contributed by atoms with Crippen molar-refractivity contribution in [1.29, 1.82) is 0 Å². The minimum absolute atomic E-state index is 0.135. The van der Waals surface area contributed by atoms with Gasteiger partial charge in [-0.15, -0.1) is 0 Å². The number of para-hydroxylation sites is 1. The van der Waals surface area contributed by atoms with E-state index in [4.69, 9.17) is 9.47 Å². The Morgan fingerprint density at radius 2 is 1.96 bits per heavy atom. The van der Waals surface area contributed by atoms with Crippen LogP contribution in [0.3, 0.4) is 0 Å². The van der Waals surface area contributed by atoms with Crippen molar-refractivity contribution in [3.05, 3.63) is 48.5 Å². The summed E-state index contributed by atoms with van der Waals surface area (Å²) in [6.45, 7) is 1.21. The Bertz CT molecular complexity index is 952. The molecule has 1 amide bonds. The molecule has 0 saturated heterocycles. The molecule has 3 rings (SSSR count). The molecule has 0 aliphatic rings. The van der Waals surface area contributed by atoms with Crippen LogP contribution in [0.5, 0.6) is 5.75 Å². The van der Waals surface area contributed by atoms with Crippen LogP contribution >= 0.6 is 11.8 Å². The predicted molar refractivity (Wildman–Crippen MR) is 112 cm³/mol. The maximum absolute atomic E-state index is 12.3. The third kappa shape index (κ3) is 5.34. The number of hydrogen-bond acceptors (Lipinski definition) is 7. The quantitative estimate of drug-likeness (QED) is 0.324. The summed E-state index contributed by atoms with van der Waals surface area (Å²) in [6.07, 6.45) is 0. The molecule has 0 aliphatic heterocycles. The first-order valence-corrected chi connectivity index (χ1v) is 9.74. The smallest absolute Gasteiger partial charge is 0.234 e. The monoisotopic (exact) mass is 398 g/mol. The van der Waals surface area contributed by atoms with Crippen LogP contribution in [-0.4, -0.2) is 49.0 Å². The van der Waals surface area contributed by atoms with E-state index < -0.39 is 0 Å². The zero-order valence-corrected chi connectivity index (χ0v) is 16.6. The molecule has 2 aromatic carbocycles. The van der Waals surface area contributed by atoms with Gasteiger partial charge in [0.25, 0.3) is 0 Å². The van der Waals surface area contributed by atoms with Gasteiger partial charge in [0.1, 0.15) is 11.6 Å². The fraction of sp³-hybridized carbons (Fsp3) is 0.250. The molecule has 0 aliphatic carbocycles. The predicted octanol–water partition coefficient (Wildman–Crippen LogP) is 3.43. The van der Waals surface area contributed by atoms with Gasteiger partial charge >= 0.3 is 0 Å². The number of benzene rings is 2. The number of carbonyl (C=O) groups is 1. The van der Waals surface area contributed by atoms with Gasteiger partial charge in [-0.3, -0.25) is 4.79 Å². The third-order valence-electron chi connectivity index (χ3n) is 3.87. The second-order valence-corrected chi connectivity index (χ2v) is 6.80. The van der Waals surface area contributed by atoms with Gasteiger partial charge in [0.05, 0.1) is 25.0 Å². The van der Waals surface area contributed by atoms with Crippen molar-refractivity contribution in [2.24, 2.45) is 0 Å². The number of anilines is 2. The number of rotatable bonds is 9. The Morgan fingerprint density at radius 1 is 1.11 bits per heavy atom. The third-order valence-corrected chi connectivity index (χ3v) is 4.71. The Hall–Kier alpha value is -2.84. The highest BCUT2D eigenvalue weighted by Gasteiger charge is 2.10. The van der Waals surface area contributed by atoms with Gasteiger partial charge in [-0.05, 0) is 24.3 Å². The van der Waals surface area contributed by atoms with Crippen LogP contribution in [0.1, 0.15) is 0 Å². The van der Waals surface area contributed by atoms with Gasteiger partial charge in [-0.25, -0.2) is 9.97 Å². The fourth-order valence-electron chi connectivity index (χ4n) is 2.55. The molecule has 1 aromatic heterocycles. The molecule has 2 N–H and O–H groups in total. The van der Waals surface area contributed by atoms with Crippen LogP contribution in [-0.2, 0) is 9.53 Å². The van der Waals surface area contributed by atoms with E-state index in [1.165, 1.54) is 11.8 Å². The summed E-state index contributed by atoms with van der Waals surface area (Å²) >= 11 is 1.29. The van der Waals surface area contributed by atoms with E-state index in [1.807, 2.05) is 42.5 Å². The molecule has 1 heterocycles. The minimum atomic E-state index is -0.135. The van der Waals surface area contributed by atoms with Gasteiger partial charge < -0.3 is 20.1 Å². The first kappa shape index (κ1) is 19.9. The molecular weight excluding hydrogens is 376 g/mol. The maximum atomic E-state index is 12.3. The number of aromatic nitrogens is 2. The number of hydrogen-bond donors (Lipinski definition) is 2. The lowest BCUT2D eigenvalue weighted by atomic mass is 10.2. The molecule has 146 valence electrons. The van der Waals surface area contributed by atoms with E-state index in [0.717, 1.165) is 16.7 Å². The molecule has 0 atom stereocenters. The zero-order chi connectivity index (χ0) is 19.8. The van der Waals surface area contributed by atoms with E-state index in [9.17, 15) is 4.79 Å². The standard InChI is InChI=1S/C20H22N4O3S/c1-26-11-10-21-19-16-8-3-4-9-17(16)23-20(24-19)28-13-18(25)22-14-6-5-7-15(12-14)27-2/h3-9,12H,10-11,13H2,1-2H3,(H,22,25)(H,21,23,24). The van der Waals surface area contributed by atoms with E-state index in [-0.39, 0.29) is 11.7 Å². The average molecular weight is 398 g/mol. The SMILES string of the molecule is COCCNc1nc(SCC(=O)Nc2cccc(OC)c2)nc2ccccc12. The van der Waals surface area contributed by atoms with E-state index in [2.05, 4.69) is 20.6 Å². The highest BCUT2D eigenvalue weighted by molar-refractivity contribution is 7.99. The van der Waals surface area contributed by atoms with Gasteiger partial charge in [-0.1, -0.05) is 30.0 Å². The summed E-state index contributed by atoms with van der Waals surface area (Å²) in [5, 5.41) is 7.59. The summed E-state index contributed by atoms with van der Waals surface area (Å²) in [4.78, 5) is 21.4. The van der Waals surface area contributed by atoms with Gasteiger partial charge in [-0.2, -0.15) is 0 Å². The molecule has 3 aromatic rings. The van der Waals surface area contributed by atoms with Crippen LogP contribution in [0.4, 0.5) is 11.5 Å². The second kappa shape index (κ2) is 9.91. The van der Waals surface area contributed by atoms with E-state index >= 15 is 0 Å². The van der Waals surface area contributed by atoms with Gasteiger partial charge in [0.2, 0.25) is 5.91 Å². The van der Waals surface area contributed by atoms with Crippen LogP contribution in [0.25, 0.3) is 10.9 Å². The van der Waals surface area contributed by atoms with Crippen molar-refractivity contribution >= 4 is 40.1 Å². The number of methoxy groups -OCH3 is 2. The van der Waals surface area contributed by atoms with Gasteiger partial charge in [0.15, 0.2) is 5.16 Å². The Labute approximate surface area is 167 Å². The molecule has 0 spiro atoms. The highest BCUT2D eigenvalue weighted by Crippen LogP contribution is 2.24. The number of nitrogens with zero attached hydrogens (tertiary/aromatic N) is 2. The first-order chi connectivity index (χ1) is 13.7. The fourth-order valence-corrected chi connectivity index (χ4v) is 3.21. The number of carbonyl (C=O) groups excluding carboxylic acids is 1. The topological polar surface area (TPSA) is 85.4 Å². The van der Waals surface area contributed by atoms with Crippen molar-refractivity contribution < 1.29 is 14.3 Å². The summed E-state index contributed by atoms with van der Waals surface area (Å²) in [5.41, 5.74) is 1.51. The Kier molecular flexibility index (Phi) is 7.05. The lowest BCUT2D eigenvalue weighted by Gasteiger charge is -2.10. The summed E-state index contributed by atoms with van der Waals surface area (Å²) < 4.78 is 10.3. The van der Waals surface area contributed by atoms with Crippen molar-refractivity contribution in [2.75, 3.05) is 43.8 Å². The second-order valence-electron chi connectivity index (χ2n) is 5.86. The maximum Gasteiger partial charge on any atom is 0.234 e. The number of amides is 1. The summed E-state index contributed by atoms with van der Waals surface area (Å²) in [7, 11) is 3.24. The van der Waals surface area contributed by atoms with Crippen molar-refractivity contribution in [3.63, 3.8) is 0 Å². The first-order valence-electron chi connectivity index (χ1n) is 8.76. The van der Waals surface area contributed by atoms with Crippen molar-refractivity contribution in [2.45, 2.75) is 5.16 Å². The molecule has 0 unspecified atom stereocenters. The zero-order valence-electron chi connectivity index (χ0n) is 15.8. The summed E-state index contributed by atoms with van der Waals surface area (Å²) in [6, 6.07) is 15.0. The Morgan fingerprint density at radius 3 is 2.79 bits per heavy atom. The van der Waals surface area contributed by atoms with E-state index in [0.29, 0.717) is 29.7 Å². The molecule has 0 radical (unpaired) electrons. The molecule has 0 fully saturated rings. The molecule has 0 saturated carbocycles. The van der Waals surface area contributed by atoms with Crippen molar-refractivity contribution in [1.82, 2.24) is 9.97 Å². The van der Waals surface area contributed by atoms with E-state index in [1.54, 1.807) is 20.3 Å². The summed E-state index contributed by atoms with van der Waals surface area (Å²) in [5.74, 6) is 1.49. The lowest BCUT2D eigenvalue weighted by Crippen LogP contribution is -2.14. The number of fused-ring (bicyclic) bond motifs is 1. The molecular formula is C20H22N4O3S. The molecule has 28 heavy (non-hydrogen) atoms. The van der Waals surface area contributed by atoms with Crippen LogP contribution in [0.2, 0.25) is 0 Å².